The van der Waals surface area contributed by atoms with E-state index in [1.807, 2.05) is 0 Å². The van der Waals surface area contributed by atoms with Crippen LogP contribution in [0.15, 0.2) is 51.7 Å². The molecule has 1 fully saturated rings. The van der Waals surface area contributed by atoms with Gasteiger partial charge in [-0.3, -0.25) is 4.90 Å². The Morgan fingerprint density at radius 1 is 1.06 bits per heavy atom. The van der Waals surface area contributed by atoms with Crippen LogP contribution in [-0.2, 0) is 0 Å². The number of rotatable bonds is 7. The van der Waals surface area contributed by atoms with Gasteiger partial charge in [0.1, 0.15) is 18.2 Å². The molecule has 1 N–H and O–H groups in total. The summed E-state index contributed by atoms with van der Waals surface area (Å²) in [5.74, 6) is -2.13. The van der Waals surface area contributed by atoms with Crippen molar-refractivity contribution < 1.29 is 22.7 Å². The van der Waals surface area contributed by atoms with Gasteiger partial charge in [0.2, 0.25) is 0 Å². The number of ether oxygens (including phenoxy) is 2. The van der Waals surface area contributed by atoms with Crippen LogP contribution in [0.3, 0.4) is 0 Å². The monoisotopic (exact) mass is 490 g/mol. The summed E-state index contributed by atoms with van der Waals surface area (Å²) in [6.07, 6.45) is -0.457. The first-order chi connectivity index (χ1) is 14.6. The smallest absolute Gasteiger partial charge is 0.444 e. The number of halogens is 4. The number of aromatic nitrogens is 2. The first-order valence-electron chi connectivity index (χ1n) is 9.48. The van der Waals surface area contributed by atoms with E-state index in [9.17, 15) is 13.6 Å². The van der Waals surface area contributed by atoms with E-state index in [1.165, 1.54) is 0 Å². The van der Waals surface area contributed by atoms with Gasteiger partial charge in [-0.05, 0) is 36.4 Å². The number of nitrogens with one attached hydrogen (secondary N) is 1. The van der Waals surface area contributed by atoms with Gasteiger partial charge < -0.3 is 19.2 Å². The molecular formula is C20H22Cl2F2N4O4. The highest BCUT2D eigenvalue weighted by molar-refractivity contribution is 5.85. The molecule has 12 heteroatoms. The molecule has 2 heterocycles. The van der Waals surface area contributed by atoms with E-state index in [0.717, 1.165) is 49.5 Å². The fourth-order valence-electron chi connectivity index (χ4n) is 3.03. The highest BCUT2D eigenvalue weighted by Crippen LogP contribution is 2.23. The number of nitrogens with zero attached hydrogens (tertiary/aromatic N) is 3. The van der Waals surface area contributed by atoms with Gasteiger partial charge in [0, 0.05) is 38.8 Å². The summed E-state index contributed by atoms with van der Waals surface area (Å²) < 4.78 is 43.4. The number of hydrogen-bond acceptors (Lipinski definition) is 7. The summed E-state index contributed by atoms with van der Waals surface area (Å²) in [5, 5.41) is 7.20. The number of piperazine rings is 1. The Hall–Kier alpha value is -2.66. The zero-order valence-corrected chi connectivity index (χ0v) is 18.5. The third-order valence-electron chi connectivity index (χ3n) is 4.59. The van der Waals surface area contributed by atoms with Crippen LogP contribution in [0.2, 0.25) is 0 Å². The maximum absolute atomic E-state index is 13.7. The maximum Gasteiger partial charge on any atom is 0.444 e. The Bertz CT molecular complexity index is 1060. The SMILES string of the molecule is Cl.Cl.O=c1oc(Oc2ccc(F)cc2F)nn1-c1ccc(OCCN2CCNCC2)cc1. The minimum absolute atomic E-state index is 0. The molecule has 32 heavy (non-hydrogen) atoms. The van der Waals surface area contributed by atoms with E-state index >= 15 is 0 Å². The molecule has 0 bridgehead atoms. The molecule has 174 valence electrons. The fourth-order valence-corrected chi connectivity index (χ4v) is 3.03. The molecule has 1 saturated heterocycles. The van der Waals surface area contributed by atoms with Crippen molar-refractivity contribution in [1.29, 1.82) is 0 Å². The van der Waals surface area contributed by atoms with Gasteiger partial charge in [0.25, 0.3) is 0 Å². The number of benzene rings is 2. The predicted octanol–water partition coefficient (Wildman–Crippen LogP) is 3.02. The molecule has 2 aromatic carbocycles. The molecule has 0 atom stereocenters. The molecule has 0 amide bonds. The average Bonchev–Trinajstić information content (AvgIpc) is 3.11. The minimum atomic E-state index is -0.936. The first kappa shape index (κ1) is 25.6. The van der Waals surface area contributed by atoms with Gasteiger partial charge in [0.05, 0.1) is 5.69 Å². The zero-order chi connectivity index (χ0) is 20.9. The lowest BCUT2D eigenvalue weighted by molar-refractivity contribution is 0.191. The molecule has 1 aromatic heterocycles. The third-order valence-corrected chi connectivity index (χ3v) is 4.59. The Balaban J connectivity index is 0.00000181. The summed E-state index contributed by atoms with van der Waals surface area (Å²) >= 11 is 0. The molecule has 4 rings (SSSR count). The highest BCUT2D eigenvalue weighted by Gasteiger charge is 2.15. The highest BCUT2D eigenvalue weighted by atomic mass is 35.5. The molecule has 0 saturated carbocycles. The van der Waals surface area contributed by atoms with Crippen LogP contribution in [0.25, 0.3) is 5.69 Å². The van der Waals surface area contributed by atoms with E-state index in [0.29, 0.717) is 24.1 Å². The Labute approximate surface area is 194 Å². The van der Waals surface area contributed by atoms with Crippen molar-refractivity contribution in [2.75, 3.05) is 39.3 Å². The zero-order valence-electron chi connectivity index (χ0n) is 16.8. The molecule has 0 radical (unpaired) electrons. The van der Waals surface area contributed by atoms with Crippen molar-refractivity contribution in [3.05, 3.63) is 64.6 Å². The van der Waals surface area contributed by atoms with Crippen LogP contribution < -0.4 is 20.5 Å². The molecule has 0 spiro atoms. The van der Waals surface area contributed by atoms with Gasteiger partial charge in [0.15, 0.2) is 11.6 Å². The summed E-state index contributed by atoms with van der Waals surface area (Å²) in [7, 11) is 0. The second-order valence-electron chi connectivity index (χ2n) is 6.66. The topological polar surface area (TPSA) is 81.8 Å². The largest absolute Gasteiger partial charge is 0.492 e. The van der Waals surface area contributed by atoms with Gasteiger partial charge in [-0.1, -0.05) is 5.10 Å². The van der Waals surface area contributed by atoms with Crippen molar-refractivity contribution in [2.24, 2.45) is 0 Å². The van der Waals surface area contributed by atoms with Gasteiger partial charge in [-0.2, -0.15) is 4.68 Å². The molecule has 1 aliphatic rings. The average molecular weight is 491 g/mol. The predicted molar refractivity (Wildman–Crippen MR) is 118 cm³/mol. The van der Waals surface area contributed by atoms with Crippen molar-refractivity contribution in [1.82, 2.24) is 20.0 Å². The first-order valence-corrected chi connectivity index (χ1v) is 9.48. The van der Waals surface area contributed by atoms with Gasteiger partial charge >= 0.3 is 11.8 Å². The van der Waals surface area contributed by atoms with E-state index in [1.54, 1.807) is 24.3 Å². The van der Waals surface area contributed by atoms with E-state index in [4.69, 9.17) is 13.9 Å². The van der Waals surface area contributed by atoms with Crippen molar-refractivity contribution >= 4 is 24.8 Å². The van der Waals surface area contributed by atoms with Gasteiger partial charge in [-0.25, -0.2) is 13.6 Å². The minimum Gasteiger partial charge on any atom is -0.492 e. The number of hydrogen-bond donors (Lipinski definition) is 1. The normalized spacial score (nSPS) is 13.7. The molecular weight excluding hydrogens is 469 g/mol. The van der Waals surface area contributed by atoms with E-state index in [-0.39, 0.29) is 30.6 Å². The Morgan fingerprint density at radius 3 is 2.47 bits per heavy atom. The Morgan fingerprint density at radius 2 is 1.78 bits per heavy atom. The van der Waals surface area contributed by atoms with Crippen molar-refractivity contribution in [3.63, 3.8) is 0 Å². The lowest BCUT2D eigenvalue weighted by Crippen LogP contribution is -2.44. The third kappa shape index (κ3) is 6.42. The van der Waals surface area contributed by atoms with Crippen molar-refractivity contribution in [2.45, 2.75) is 0 Å². The molecule has 1 aliphatic heterocycles. The lowest BCUT2D eigenvalue weighted by Gasteiger charge is -2.26. The fraction of sp³-hybridized carbons (Fsp3) is 0.300. The van der Waals surface area contributed by atoms with Crippen LogP contribution >= 0.6 is 24.8 Å². The molecule has 0 unspecified atom stereocenters. The quantitative estimate of drug-likeness (QED) is 0.544. The Kier molecular flexibility index (Phi) is 9.45. The van der Waals surface area contributed by atoms with E-state index in [2.05, 4.69) is 15.3 Å². The van der Waals surface area contributed by atoms with E-state index < -0.39 is 23.5 Å². The summed E-state index contributed by atoms with van der Waals surface area (Å²) in [6, 6.07) is 9.48. The van der Waals surface area contributed by atoms with Crippen LogP contribution in [0.1, 0.15) is 0 Å². The second-order valence-corrected chi connectivity index (χ2v) is 6.66. The van der Waals surface area contributed by atoms with Crippen LogP contribution in [0, 0.1) is 11.6 Å². The molecule has 8 nitrogen and oxygen atoms in total. The van der Waals surface area contributed by atoms with Crippen LogP contribution in [0.4, 0.5) is 8.78 Å². The molecule has 3 aromatic rings. The van der Waals surface area contributed by atoms with Crippen molar-refractivity contribution in [3.8, 4) is 23.3 Å². The summed E-state index contributed by atoms with van der Waals surface area (Å²) in [4.78, 5) is 14.4. The maximum atomic E-state index is 13.7. The standard InChI is InChI=1S/C20H20F2N4O4.2ClH/c21-14-1-6-18(17(22)13-14)29-19-24-26(20(27)30-19)15-2-4-16(5-3-15)28-12-11-25-9-7-23-8-10-25;;/h1-6,13,23H,7-12H2;2*1H. The van der Waals surface area contributed by atoms with Crippen LogP contribution in [-0.4, -0.2) is 54.0 Å². The second kappa shape index (κ2) is 11.8. The summed E-state index contributed by atoms with van der Waals surface area (Å²) in [5.41, 5.74) is 0.424. The summed E-state index contributed by atoms with van der Waals surface area (Å²) in [6.45, 7) is 5.38. The molecule has 0 aliphatic carbocycles. The van der Waals surface area contributed by atoms with Gasteiger partial charge in [-0.15, -0.1) is 24.8 Å². The lowest BCUT2D eigenvalue weighted by atomic mass is 10.3. The van der Waals surface area contributed by atoms with Crippen LogP contribution in [0.5, 0.6) is 17.6 Å².